The number of carbonyl (C=O) groups excluding carboxylic acids is 2. The van der Waals surface area contributed by atoms with Gasteiger partial charge in [-0.3, -0.25) is 14.4 Å². The molecule has 1 heterocycles. The summed E-state index contributed by atoms with van der Waals surface area (Å²) >= 11 is 0. The highest BCUT2D eigenvalue weighted by Gasteiger charge is 2.36. The molecule has 0 aromatic heterocycles. The van der Waals surface area contributed by atoms with Gasteiger partial charge in [0.15, 0.2) is 0 Å². The highest BCUT2D eigenvalue weighted by molar-refractivity contribution is 7.89. The van der Waals surface area contributed by atoms with Crippen molar-refractivity contribution in [3.05, 3.63) is 29.8 Å². The van der Waals surface area contributed by atoms with Gasteiger partial charge in [-0.25, -0.2) is 13.2 Å². The number of nitrogens with zero attached hydrogens (tertiary/aromatic N) is 1. The van der Waals surface area contributed by atoms with Crippen molar-refractivity contribution in [2.45, 2.75) is 63.4 Å². The molecule has 1 aromatic rings. The molecular weight excluding hydrogens is 478 g/mol. The standard InChI is InChI=1S/C23H33N3O8S/c1-4-15(3)20(25-35(33,34)17-7-5-14(2)6-8-17)22(30)26-11-9-16(10-12-26)21(29)24-18(23(31)32)13-19(27)28/h5-8,15-16,18,20,25H,4,9-13H2,1-3H3,(H,24,29)(H,27,28)(H,31,32)/t15-,18+,20+/m1/s1. The molecule has 3 atom stereocenters. The number of amides is 2. The van der Waals surface area contributed by atoms with E-state index in [1.54, 1.807) is 19.1 Å². The molecule has 0 radical (unpaired) electrons. The molecule has 0 bridgehead atoms. The lowest BCUT2D eigenvalue weighted by Gasteiger charge is -2.35. The minimum Gasteiger partial charge on any atom is -0.481 e. The van der Waals surface area contributed by atoms with Crippen LogP contribution in [0.25, 0.3) is 0 Å². The van der Waals surface area contributed by atoms with Crippen molar-refractivity contribution in [2.75, 3.05) is 13.1 Å². The maximum absolute atomic E-state index is 13.3. The number of hydrogen-bond acceptors (Lipinski definition) is 6. The van der Waals surface area contributed by atoms with E-state index in [0.717, 1.165) is 5.56 Å². The van der Waals surface area contributed by atoms with Gasteiger partial charge in [0.1, 0.15) is 12.1 Å². The Morgan fingerprint density at radius 2 is 1.66 bits per heavy atom. The fourth-order valence-corrected chi connectivity index (χ4v) is 5.12. The summed E-state index contributed by atoms with van der Waals surface area (Å²) in [6.45, 7) is 5.86. The molecule has 0 unspecified atom stereocenters. The monoisotopic (exact) mass is 511 g/mol. The molecule has 2 rings (SSSR count). The van der Waals surface area contributed by atoms with E-state index in [2.05, 4.69) is 10.0 Å². The highest BCUT2D eigenvalue weighted by atomic mass is 32.2. The number of sulfonamides is 1. The molecule has 1 saturated heterocycles. The molecule has 194 valence electrons. The Hall–Kier alpha value is -2.99. The van der Waals surface area contributed by atoms with E-state index in [4.69, 9.17) is 10.2 Å². The van der Waals surface area contributed by atoms with Crippen molar-refractivity contribution in [1.82, 2.24) is 14.9 Å². The van der Waals surface area contributed by atoms with E-state index in [9.17, 15) is 27.6 Å². The Morgan fingerprint density at radius 3 is 2.14 bits per heavy atom. The van der Waals surface area contributed by atoms with Crippen LogP contribution in [0.2, 0.25) is 0 Å². The minimum absolute atomic E-state index is 0.0638. The maximum Gasteiger partial charge on any atom is 0.326 e. The second-order valence-corrected chi connectivity index (χ2v) is 10.6. The Balaban J connectivity index is 2.05. The number of carboxylic acids is 2. The average Bonchev–Trinajstić information content (AvgIpc) is 2.81. The predicted octanol–water partition coefficient (Wildman–Crippen LogP) is 0.971. The summed E-state index contributed by atoms with van der Waals surface area (Å²) in [5.74, 6) is -4.61. The topological polar surface area (TPSA) is 170 Å². The fourth-order valence-electron chi connectivity index (χ4n) is 3.82. The van der Waals surface area contributed by atoms with Gasteiger partial charge in [-0.15, -0.1) is 0 Å². The van der Waals surface area contributed by atoms with Crippen molar-refractivity contribution in [3.8, 4) is 0 Å². The van der Waals surface area contributed by atoms with Gasteiger partial charge in [0.25, 0.3) is 0 Å². The third-order valence-corrected chi connectivity index (χ3v) is 7.72. The van der Waals surface area contributed by atoms with Gasteiger partial charge in [-0.2, -0.15) is 4.72 Å². The van der Waals surface area contributed by atoms with Crippen LogP contribution in [0.15, 0.2) is 29.2 Å². The SMILES string of the molecule is CC[C@@H](C)[C@H](NS(=O)(=O)c1ccc(C)cc1)C(=O)N1CCC(C(=O)N[C@@H](CC(=O)O)C(=O)O)CC1. The summed E-state index contributed by atoms with van der Waals surface area (Å²) in [5, 5.41) is 20.2. The second-order valence-electron chi connectivity index (χ2n) is 8.89. The van der Waals surface area contributed by atoms with Crippen molar-refractivity contribution in [1.29, 1.82) is 0 Å². The zero-order valence-electron chi connectivity index (χ0n) is 20.1. The van der Waals surface area contributed by atoms with Crippen LogP contribution in [-0.4, -0.2) is 72.5 Å². The zero-order valence-corrected chi connectivity index (χ0v) is 20.9. The molecule has 0 spiro atoms. The number of aliphatic carboxylic acids is 2. The Bertz CT molecular complexity index is 1030. The number of benzene rings is 1. The Kier molecular flexibility index (Phi) is 9.78. The van der Waals surface area contributed by atoms with Gasteiger partial charge < -0.3 is 20.4 Å². The van der Waals surface area contributed by atoms with Gasteiger partial charge in [0.05, 0.1) is 11.3 Å². The maximum atomic E-state index is 13.3. The van der Waals surface area contributed by atoms with Crippen LogP contribution < -0.4 is 10.0 Å². The number of carboxylic acid groups (broad SMARTS) is 2. The van der Waals surface area contributed by atoms with E-state index in [0.29, 0.717) is 6.42 Å². The summed E-state index contributed by atoms with van der Waals surface area (Å²) in [7, 11) is -3.94. The van der Waals surface area contributed by atoms with E-state index in [1.807, 2.05) is 13.8 Å². The predicted molar refractivity (Wildman–Crippen MR) is 126 cm³/mol. The number of carbonyl (C=O) groups is 4. The molecule has 0 aliphatic carbocycles. The molecule has 2 amide bonds. The fraction of sp³-hybridized carbons (Fsp3) is 0.565. The number of likely N-dealkylation sites (tertiary alicyclic amines) is 1. The Labute approximate surface area is 204 Å². The van der Waals surface area contributed by atoms with Gasteiger partial charge in [-0.05, 0) is 37.8 Å². The van der Waals surface area contributed by atoms with E-state index >= 15 is 0 Å². The highest BCUT2D eigenvalue weighted by Crippen LogP contribution is 2.22. The molecule has 35 heavy (non-hydrogen) atoms. The Morgan fingerprint density at radius 1 is 1.09 bits per heavy atom. The number of aryl methyl sites for hydroxylation is 1. The minimum atomic E-state index is -3.94. The number of hydrogen-bond donors (Lipinski definition) is 4. The van der Waals surface area contributed by atoms with Crippen molar-refractivity contribution < 1.29 is 37.8 Å². The normalized spacial score (nSPS) is 17.3. The van der Waals surface area contributed by atoms with Crippen LogP contribution in [0.1, 0.15) is 45.1 Å². The number of piperidine rings is 1. The first-order valence-electron chi connectivity index (χ1n) is 11.5. The lowest BCUT2D eigenvalue weighted by Crippen LogP contribution is -2.54. The summed E-state index contributed by atoms with van der Waals surface area (Å²) in [6, 6.07) is 3.80. The second kappa shape index (κ2) is 12.1. The van der Waals surface area contributed by atoms with Crippen molar-refractivity contribution in [3.63, 3.8) is 0 Å². The molecule has 1 aromatic carbocycles. The third-order valence-electron chi connectivity index (χ3n) is 6.26. The van der Waals surface area contributed by atoms with Crippen molar-refractivity contribution in [2.24, 2.45) is 11.8 Å². The smallest absolute Gasteiger partial charge is 0.326 e. The quantitative estimate of drug-likeness (QED) is 0.340. The summed E-state index contributed by atoms with van der Waals surface area (Å²) in [6.07, 6.45) is 0.311. The van der Waals surface area contributed by atoms with E-state index < -0.39 is 52.3 Å². The molecule has 0 saturated carbocycles. The first kappa shape index (κ1) is 28.2. The zero-order chi connectivity index (χ0) is 26.3. The molecular formula is C23H33N3O8S. The van der Waals surface area contributed by atoms with Crippen LogP contribution in [0.3, 0.4) is 0 Å². The molecule has 4 N–H and O–H groups in total. The van der Waals surface area contributed by atoms with Gasteiger partial charge in [0, 0.05) is 19.0 Å². The van der Waals surface area contributed by atoms with Gasteiger partial charge in [-0.1, -0.05) is 38.0 Å². The summed E-state index contributed by atoms with van der Waals surface area (Å²) in [4.78, 5) is 49.4. The molecule has 11 nitrogen and oxygen atoms in total. The van der Waals surface area contributed by atoms with Crippen LogP contribution in [0.4, 0.5) is 0 Å². The molecule has 1 aliphatic heterocycles. The third kappa shape index (κ3) is 7.76. The van der Waals surface area contributed by atoms with E-state index in [1.165, 1.54) is 17.0 Å². The lowest BCUT2D eigenvalue weighted by molar-refractivity contribution is -0.148. The molecule has 1 fully saturated rings. The van der Waals surface area contributed by atoms with Gasteiger partial charge >= 0.3 is 11.9 Å². The largest absolute Gasteiger partial charge is 0.481 e. The van der Waals surface area contributed by atoms with Crippen LogP contribution >= 0.6 is 0 Å². The van der Waals surface area contributed by atoms with Crippen LogP contribution in [0, 0.1) is 18.8 Å². The molecule has 1 aliphatic rings. The number of rotatable bonds is 11. The van der Waals surface area contributed by atoms with Gasteiger partial charge in [0.2, 0.25) is 21.8 Å². The van der Waals surface area contributed by atoms with Crippen LogP contribution in [0.5, 0.6) is 0 Å². The molecule has 12 heteroatoms. The van der Waals surface area contributed by atoms with E-state index in [-0.39, 0.29) is 42.7 Å². The first-order valence-corrected chi connectivity index (χ1v) is 13.0. The van der Waals surface area contributed by atoms with Crippen molar-refractivity contribution >= 4 is 33.8 Å². The van der Waals surface area contributed by atoms with Crippen LogP contribution in [-0.2, 0) is 29.2 Å². The first-order chi connectivity index (χ1) is 16.4. The summed E-state index contributed by atoms with van der Waals surface area (Å²) in [5.41, 5.74) is 0.906. The average molecular weight is 512 g/mol. The summed E-state index contributed by atoms with van der Waals surface area (Å²) < 4.78 is 28.4. The number of nitrogens with one attached hydrogen (secondary N) is 2. The lowest BCUT2D eigenvalue weighted by atomic mass is 9.93.